The van der Waals surface area contributed by atoms with E-state index >= 15 is 0 Å². The smallest absolute Gasteiger partial charge is 0.242 e. The van der Waals surface area contributed by atoms with Crippen molar-refractivity contribution in [1.29, 1.82) is 0 Å². The zero-order valence-electron chi connectivity index (χ0n) is 7.45. The van der Waals surface area contributed by atoms with Gasteiger partial charge < -0.3 is 0 Å². The average molecular weight is 369 g/mol. The van der Waals surface area contributed by atoms with Gasteiger partial charge in [-0.1, -0.05) is 31.9 Å². The highest BCUT2D eigenvalue weighted by Gasteiger charge is 2.37. The topological polar surface area (TPSA) is 12.9 Å². The predicted octanol–water partition coefficient (Wildman–Crippen LogP) is 4.70. The van der Waals surface area contributed by atoms with Gasteiger partial charge in [-0.3, -0.25) is 0 Å². The van der Waals surface area contributed by atoms with Crippen LogP contribution >= 0.6 is 31.9 Å². The molecule has 0 spiro atoms. The Bertz CT molecular complexity index is 391. The summed E-state index contributed by atoms with van der Waals surface area (Å²) in [6.45, 7) is 0. The molecule has 8 heteroatoms. The van der Waals surface area contributed by atoms with Gasteiger partial charge >= 0.3 is 6.18 Å². The van der Waals surface area contributed by atoms with Crippen LogP contribution in [0.25, 0.3) is 0 Å². The van der Waals surface area contributed by atoms with Gasteiger partial charge in [0.05, 0.1) is 0 Å². The average Bonchev–Trinajstić information content (AvgIpc) is 2.14. The number of halogens is 7. The van der Waals surface area contributed by atoms with Crippen LogP contribution in [0, 0.1) is 0 Å². The minimum absolute atomic E-state index is 0.0398. The number of rotatable bonds is 2. The van der Waals surface area contributed by atoms with Crippen molar-refractivity contribution in [2.75, 3.05) is 0 Å². The first-order chi connectivity index (χ1) is 7.27. The molecule has 90 valence electrons. The Morgan fingerprint density at radius 1 is 1.31 bits per heavy atom. The normalized spacial score (nSPS) is 12.2. The molecule has 1 aromatic heterocycles. The Kier molecular flexibility index (Phi) is 4.28. The van der Waals surface area contributed by atoms with Crippen LogP contribution in [-0.2, 0) is 11.5 Å². The lowest BCUT2D eigenvalue weighted by Crippen LogP contribution is -2.13. The Hall–Kier alpha value is -0.240. The lowest BCUT2D eigenvalue weighted by Gasteiger charge is -2.13. The van der Waals surface area contributed by atoms with Crippen LogP contribution < -0.4 is 0 Å². The summed E-state index contributed by atoms with van der Waals surface area (Å²) < 4.78 is 62.1. The maximum absolute atomic E-state index is 12.5. The number of hydrogen-bond acceptors (Lipinski definition) is 1. The molecular formula is C8H4Br2F5N. The molecule has 0 N–H and O–H groups in total. The molecule has 0 aromatic carbocycles. The van der Waals surface area contributed by atoms with Gasteiger partial charge in [0.25, 0.3) is 6.43 Å². The largest absolute Gasteiger partial charge is 0.433 e. The van der Waals surface area contributed by atoms with Crippen LogP contribution in [0.5, 0.6) is 0 Å². The van der Waals surface area contributed by atoms with E-state index in [0.717, 1.165) is 6.07 Å². The molecule has 0 atom stereocenters. The quantitative estimate of drug-likeness (QED) is 0.545. The van der Waals surface area contributed by atoms with Gasteiger partial charge in [-0.25, -0.2) is 13.8 Å². The minimum Gasteiger partial charge on any atom is -0.242 e. The van der Waals surface area contributed by atoms with Gasteiger partial charge in [0.1, 0.15) is 11.4 Å². The Morgan fingerprint density at radius 2 is 1.88 bits per heavy atom. The summed E-state index contributed by atoms with van der Waals surface area (Å²) in [6, 6.07) is 0.885. The number of pyridine rings is 1. The maximum Gasteiger partial charge on any atom is 0.433 e. The molecule has 1 heterocycles. The van der Waals surface area contributed by atoms with Crippen molar-refractivity contribution >= 4 is 31.9 Å². The summed E-state index contributed by atoms with van der Waals surface area (Å²) in [6.07, 6.45) is -7.79. The van der Waals surface area contributed by atoms with Crippen LogP contribution in [0.15, 0.2) is 10.5 Å². The molecule has 0 fully saturated rings. The molecule has 0 saturated heterocycles. The van der Waals surface area contributed by atoms with Crippen molar-refractivity contribution in [1.82, 2.24) is 4.98 Å². The van der Waals surface area contributed by atoms with E-state index in [4.69, 9.17) is 0 Å². The molecule has 0 bridgehead atoms. The Morgan fingerprint density at radius 3 is 2.25 bits per heavy atom. The van der Waals surface area contributed by atoms with Crippen molar-refractivity contribution in [3.63, 3.8) is 0 Å². The van der Waals surface area contributed by atoms with Crippen LogP contribution in [0.3, 0.4) is 0 Å². The lowest BCUT2D eigenvalue weighted by atomic mass is 10.2. The summed E-state index contributed by atoms with van der Waals surface area (Å²) in [5, 5.41) is -0.126. The molecule has 0 aliphatic rings. The van der Waals surface area contributed by atoms with Crippen molar-refractivity contribution in [3.05, 3.63) is 27.5 Å². The second-order valence-electron chi connectivity index (χ2n) is 2.79. The van der Waals surface area contributed by atoms with Gasteiger partial charge in [0.2, 0.25) is 0 Å². The van der Waals surface area contributed by atoms with E-state index in [1.54, 1.807) is 0 Å². The van der Waals surface area contributed by atoms with E-state index in [9.17, 15) is 22.0 Å². The minimum atomic E-state index is -4.75. The fourth-order valence-corrected chi connectivity index (χ4v) is 2.54. The zero-order valence-corrected chi connectivity index (χ0v) is 10.6. The second kappa shape index (κ2) is 4.95. The summed E-state index contributed by atoms with van der Waals surface area (Å²) in [7, 11) is 0. The zero-order chi connectivity index (χ0) is 12.5. The fraction of sp³-hybridized carbons (Fsp3) is 0.375. The maximum atomic E-state index is 12.5. The van der Waals surface area contributed by atoms with Crippen LogP contribution in [0.2, 0.25) is 0 Å². The SMILES string of the molecule is FC(F)c1cc(Br)c(CBr)c(C(F)(F)F)n1. The Labute approximate surface area is 104 Å². The number of nitrogens with zero attached hydrogens (tertiary/aromatic N) is 1. The predicted molar refractivity (Wildman–Crippen MR) is 54.5 cm³/mol. The van der Waals surface area contributed by atoms with Gasteiger partial charge in [-0.2, -0.15) is 13.2 Å². The van der Waals surface area contributed by atoms with Crippen molar-refractivity contribution in [2.45, 2.75) is 17.9 Å². The molecule has 0 aliphatic carbocycles. The van der Waals surface area contributed by atoms with E-state index in [1.807, 2.05) is 0 Å². The molecule has 1 nitrogen and oxygen atoms in total. The lowest BCUT2D eigenvalue weighted by molar-refractivity contribution is -0.142. The van der Waals surface area contributed by atoms with Gasteiger partial charge in [0, 0.05) is 15.4 Å². The third-order valence-electron chi connectivity index (χ3n) is 1.72. The fourth-order valence-electron chi connectivity index (χ4n) is 1.03. The molecular weight excluding hydrogens is 365 g/mol. The molecule has 0 amide bonds. The Balaban J connectivity index is 3.43. The molecule has 1 rings (SSSR count). The molecule has 0 saturated carbocycles. The van der Waals surface area contributed by atoms with E-state index in [-0.39, 0.29) is 15.4 Å². The number of aromatic nitrogens is 1. The standard InChI is InChI=1S/C8H4Br2F5N/c9-2-3-4(10)1-5(7(11)12)16-6(3)8(13,14)15/h1,7H,2H2. The third kappa shape index (κ3) is 2.91. The highest BCUT2D eigenvalue weighted by molar-refractivity contribution is 9.10. The second-order valence-corrected chi connectivity index (χ2v) is 4.20. The van der Waals surface area contributed by atoms with Crippen molar-refractivity contribution in [2.24, 2.45) is 0 Å². The van der Waals surface area contributed by atoms with Crippen LogP contribution in [0.1, 0.15) is 23.4 Å². The van der Waals surface area contributed by atoms with Crippen LogP contribution in [0.4, 0.5) is 22.0 Å². The number of hydrogen-bond donors (Lipinski definition) is 0. The first-order valence-corrected chi connectivity index (χ1v) is 5.79. The number of alkyl halides is 6. The summed E-state index contributed by atoms with van der Waals surface area (Å²) in [5.74, 6) is 0. The summed E-state index contributed by atoms with van der Waals surface area (Å²) >= 11 is 5.67. The van der Waals surface area contributed by atoms with E-state index in [0.29, 0.717) is 0 Å². The van der Waals surface area contributed by atoms with E-state index in [2.05, 4.69) is 36.8 Å². The third-order valence-corrected chi connectivity index (χ3v) is 2.98. The molecule has 1 aromatic rings. The molecule has 0 aliphatic heterocycles. The van der Waals surface area contributed by atoms with Crippen molar-refractivity contribution in [3.8, 4) is 0 Å². The monoisotopic (exact) mass is 367 g/mol. The first kappa shape index (κ1) is 13.8. The molecule has 16 heavy (non-hydrogen) atoms. The van der Waals surface area contributed by atoms with Crippen molar-refractivity contribution < 1.29 is 22.0 Å². The van der Waals surface area contributed by atoms with E-state index in [1.165, 1.54) is 0 Å². The molecule has 0 unspecified atom stereocenters. The summed E-state index contributed by atoms with van der Waals surface area (Å²) in [4.78, 5) is 2.94. The first-order valence-electron chi connectivity index (χ1n) is 3.88. The van der Waals surface area contributed by atoms with E-state index < -0.39 is 24.0 Å². The van der Waals surface area contributed by atoms with Gasteiger partial charge in [-0.05, 0) is 6.07 Å². The van der Waals surface area contributed by atoms with Gasteiger partial charge in [0.15, 0.2) is 0 Å². The highest BCUT2D eigenvalue weighted by atomic mass is 79.9. The van der Waals surface area contributed by atoms with Crippen LogP contribution in [-0.4, -0.2) is 4.98 Å². The molecule has 0 radical (unpaired) electrons. The van der Waals surface area contributed by atoms with Gasteiger partial charge in [-0.15, -0.1) is 0 Å². The highest BCUT2D eigenvalue weighted by Crippen LogP contribution is 2.36. The summed E-state index contributed by atoms with van der Waals surface area (Å²) in [5.41, 5.74) is -2.39.